The summed E-state index contributed by atoms with van der Waals surface area (Å²) in [6.45, 7) is 8.16. The number of nitrogens with zero attached hydrogens (tertiary/aromatic N) is 1. The zero-order valence-corrected chi connectivity index (χ0v) is 19.3. The van der Waals surface area contributed by atoms with Gasteiger partial charge in [-0.1, -0.05) is 60.7 Å². The fraction of sp³-hybridized carbons (Fsp3) is 0.458. The van der Waals surface area contributed by atoms with Crippen LogP contribution in [0.25, 0.3) is 0 Å². The Kier molecular flexibility index (Phi) is 8.87. The number of ether oxygens (including phenoxy) is 2. The van der Waals surface area contributed by atoms with Crippen LogP contribution in [-0.4, -0.2) is 42.7 Å². The van der Waals surface area contributed by atoms with Crippen molar-refractivity contribution < 1.29 is 14.3 Å². The topological polar surface area (TPSA) is 38.8 Å². The summed E-state index contributed by atoms with van der Waals surface area (Å²) < 4.78 is 12.1. The molecule has 0 bridgehead atoms. The van der Waals surface area contributed by atoms with Gasteiger partial charge in [0.1, 0.15) is 6.61 Å². The van der Waals surface area contributed by atoms with Crippen LogP contribution in [0.4, 0.5) is 0 Å². The summed E-state index contributed by atoms with van der Waals surface area (Å²) in [6.07, 6.45) is 2.21. The highest BCUT2D eigenvalue weighted by Crippen LogP contribution is 2.35. The van der Waals surface area contributed by atoms with E-state index in [4.69, 9.17) is 9.47 Å². The number of hydrogen-bond acceptors (Lipinski definition) is 4. The Balaban J connectivity index is 0.00000300. The van der Waals surface area contributed by atoms with E-state index < -0.39 is 5.60 Å². The summed E-state index contributed by atoms with van der Waals surface area (Å²) in [7, 11) is 0. The van der Waals surface area contributed by atoms with Crippen LogP contribution in [0.5, 0.6) is 0 Å². The molecule has 0 amide bonds. The molecule has 1 unspecified atom stereocenters. The highest BCUT2D eigenvalue weighted by atomic mass is 79.9. The summed E-state index contributed by atoms with van der Waals surface area (Å²) in [5.74, 6) is -0.345. The number of hydrogen-bond donors (Lipinski definition) is 0. The van der Waals surface area contributed by atoms with Crippen molar-refractivity contribution in [3.8, 4) is 0 Å². The van der Waals surface area contributed by atoms with Crippen molar-refractivity contribution in [2.75, 3.05) is 19.8 Å². The lowest BCUT2D eigenvalue weighted by molar-refractivity contribution is -0.170. The molecule has 1 saturated heterocycles. The van der Waals surface area contributed by atoms with Crippen LogP contribution >= 0.6 is 17.0 Å². The molecule has 2 aromatic carbocycles. The Hall–Kier alpha value is -1.69. The Bertz CT molecular complexity index is 712. The monoisotopic (exact) mass is 461 g/mol. The largest absolute Gasteiger partial charge is 0.461 e. The summed E-state index contributed by atoms with van der Waals surface area (Å²) in [5.41, 5.74) is 0.332. The van der Waals surface area contributed by atoms with Crippen molar-refractivity contribution >= 4 is 23.0 Å². The molecule has 4 nitrogen and oxygen atoms in total. The molecule has 1 aliphatic heterocycles. The molecular formula is C24H32BrNO3. The molecule has 1 fully saturated rings. The minimum absolute atomic E-state index is 0. The molecule has 1 atom stereocenters. The third-order valence-corrected chi connectivity index (χ3v) is 5.50. The minimum Gasteiger partial charge on any atom is -0.461 e. The SMILES string of the molecule is Br.CCOC(C(=O)OCC1CCCN1C(C)C)(c1ccccc1)c1ccccc1. The van der Waals surface area contributed by atoms with E-state index in [1.54, 1.807) is 0 Å². The highest BCUT2D eigenvalue weighted by molar-refractivity contribution is 8.93. The molecule has 1 heterocycles. The number of carbonyl (C=O) groups excluding carboxylic acids is 1. The second-order valence-corrected chi connectivity index (χ2v) is 7.57. The summed E-state index contributed by atoms with van der Waals surface area (Å²) in [4.78, 5) is 15.9. The Morgan fingerprint density at radius 3 is 2.10 bits per heavy atom. The highest BCUT2D eigenvalue weighted by Gasteiger charge is 2.45. The molecule has 158 valence electrons. The van der Waals surface area contributed by atoms with Gasteiger partial charge in [0.05, 0.1) is 0 Å². The van der Waals surface area contributed by atoms with Crippen molar-refractivity contribution in [1.29, 1.82) is 0 Å². The average Bonchev–Trinajstić information content (AvgIpc) is 3.20. The predicted molar refractivity (Wildman–Crippen MR) is 121 cm³/mol. The lowest BCUT2D eigenvalue weighted by atomic mass is 9.86. The van der Waals surface area contributed by atoms with Crippen molar-refractivity contribution in [2.24, 2.45) is 0 Å². The van der Waals surface area contributed by atoms with E-state index >= 15 is 0 Å². The van der Waals surface area contributed by atoms with Gasteiger partial charge in [-0.15, -0.1) is 17.0 Å². The van der Waals surface area contributed by atoms with Gasteiger partial charge in [0.2, 0.25) is 5.60 Å². The second-order valence-electron chi connectivity index (χ2n) is 7.57. The van der Waals surface area contributed by atoms with Gasteiger partial charge in [0.25, 0.3) is 0 Å². The molecule has 2 aromatic rings. The van der Waals surface area contributed by atoms with Crippen LogP contribution in [0, 0.1) is 0 Å². The third-order valence-electron chi connectivity index (χ3n) is 5.50. The Labute approximate surface area is 185 Å². The maximum atomic E-state index is 13.5. The van der Waals surface area contributed by atoms with E-state index in [-0.39, 0.29) is 29.0 Å². The van der Waals surface area contributed by atoms with Crippen LogP contribution in [0.3, 0.4) is 0 Å². The number of esters is 1. The first-order valence-corrected chi connectivity index (χ1v) is 10.3. The van der Waals surface area contributed by atoms with Gasteiger partial charge < -0.3 is 9.47 Å². The maximum Gasteiger partial charge on any atom is 0.347 e. The Morgan fingerprint density at radius 1 is 1.07 bits per heavy atom. The zero-order valence-electron chi connectivity index (χ0n) is 17.5. The molecule has 0 aromatic heterocycles. The van der Waals surface area contributed by atoms with Crippen LogP contribution in [0.1, 0.15) is 44.7 Å². The second kappa shape index (κ2) is 10.9. The van der Waals surface area contributed by atoms with Gasteiger partial charge in [-0.3, -0.25) is 4.90 Å². The number of likely N-dealkylation sites (tertiary alicyclic amines) is 1. The van der Waals surface area contributed by atoms with Gasteiger partial charge in [0.15, 0.2) is 0 Å². The van der Waals surface area contributed by atoms with Crippen molar-refractivity contribution in [2.45, 2.75) is 51.3 Å². The van der Waals surface area contributed by atoms with E-state index in [1.165, 1.54) is 0 Å². The number of rotatable bonds is 8. The van der Waals surface area contributed by atoms with Gasteiger partial charge in [-0.25, -0.2) is 4.79 Å². The number of benzene rings is 2. The molecule has 29 heavy (non-hydrogen) atoms. The lowest BCUT2D eigenvalue weighted by Crippen LogP contribution is -2.44. The summed E-state index contributed by atoms with van der Waals surface area (Å²) in [5, 5.41) is 0. The van der Waals surface area contributed by atoms with Gasteiger partial charge in [0, 0.05) is 18.7 Å². The Morgan fingerprint density at radius 2 is 1.62 bits per heavy atom. The molecule has 0 radical (unpaired) electrons. The molecule has 0 spiro atoms. The van der Waals surface area contributed by atoms with Crippen LogP contribution in [0.2, 0.25) is 0 Å². The third kappa shape index (κ3) is 5.08. The van der Waals surface area contributed by atoms with Gasteiger partial charge >= 0.3 is 5.97 Å². The molecule has 0 saturated carbocycles. The lowest BCUT2D eigenvalue weighted by Gasteiger charge is -2.34. The maximum absolute atomic E-state index is 13.5. The number of carbonyl (C=O) groups is 1. The van der Waals surface area contributed by atoms with E-state index in [1.807, 2.05) is 67.6 Å². The van der Waals surface area contributed by atoms with Crippen LogP contribution in [0.15, 0.2) is 60.7 Å². The van der Waals surface area contributed by atoms with Crippen molar-refractivity contribution in [3.05, 3.63) is 71.8 Å². The molecule has 5 heteroatoms. The normalized spacial score (nSPS) is 17.2. The molecule has 0 N–H and O–H groups in total. The van der Waals surface area contributed by atoms with E-state index in [2.05, 4.69) is 18.7 Å². The molecule has 0 aliphatic carbocycles. The van der Waals surface area contributed by atoms with E-state index in [0.717, 1.165) is 30.5 Å². The van der Waals surface area contributed by atoms with Crippen LogP contribution in [-0.2, 0) is 19.9 Å². The smallest absolute Gasteiger partial charge is 0.347 e. The van der Waals surface area contributed by atoms with Crippen molar-refractivity contribution in [1.82, 2.24) is 4.90 Å². The summed E-state index contributed by atoms with van der Waals surface area (Å²) >= 11 is 0. The quantitative estimate of drug-likeness (QED) is 0.520. The van der Waals surface area contributed by atoms with Crippen LogP contribution < -0.4 is 0 Å². The van der Waals surface area contributed by atoms with E-state index in [9.17, 15) is 4.79 Å². The first-order valence-electron chi connectivity index (χ1n) is 10.3. The predicted octanol–water partition coefficient (Wildman–Crippen LogP) is 4.96. The molecule has 1 aliphatic rings. The first kappa shape index (κ1) is 23.6. The summed E-state index contributed by atoms with van der Waals surface area (Å²) in [6, 6.07) is 20.0. The minimum atomic E-state index is -1.25. The average molecular weight is 462 g/mol. The van der Waals surface area contributed by atoms with Gasteiger partial charge in [-0.2, -0.15) is 0 Å². The molecule has 3 rings (SSSR count). The fourth-order valence-corrected chi connectivity index (χ4v) is 4.18. The van der Waals surface area contributed by atoms with Crippen molar-refractivity contribution in [3.63, 3.8) is 0 Å². The van der Waals surface area contributed by atoms with Gasteiger partial charge in [-0.05, 0) is 51.3 Å². The number of halogens is 1. The zero-order chi connectivity index (χ0) is 20.0. The fourth-order valence-electron chi connectivity index (χ4n) is 4.18. The van der Waals surface area contributed by atoms with E-state index in [0.29, 0.717) is 19.3 Å². The standard InChI is InChI=1S/C24H31NO3.BrH/c1-4-28-24(20-12-7-5-8-13-20,21-14-9-6-10-15-21)23(26)27-18-22-16-11-17-25(22)19(2)3;/h5-10,12-15,19,22H,4,11,16-18H2,1-3H3;1H. The molecular weight excluding hydrogens is 430 g/mol. The first-order chi connectivity index (χ1) is 13.6.